The third-order valence-corrected chi connectivity index (χ3v) is 6.45. The molecule has 2 aromatic carbocycles. The van der Waals surface area contributed by atoms with E-state index in [4.69, 9.17) is 15.9 Å². The molecular formula is C27H37F3N4O2. The molecule has 9 heteroatoms. The van der Waals surface area contributed by atoms with Crippen molar-refractivity contribution in [2.45, 2.75) is 65.5 Å². The predicted molar refractivity (Wildman–Crippen MR) is 136 cm³/mol. The van der Waals surface area contributed by atoms with Crippen LogP contribution in [0.3, 0.4) is 0 Å². The minimum absolute atomic E-state index is 0.0973. The largest absolute Gasteiger partial charge is 0.573 e. The highest BCUT2D eigenvalue weighted by Gasteiger charge is 2.31. The highest BCUT2D eigenvalue weighted by atomic mass is 19.4. The first kappa shape index (κ1) is 27.6. The lowest BCUT2D eigenvalue weighted by molar-refractivity contribution is -0.274. The summed E-state index contributed by atoms with van der Waals surface area (Å²) in [5, 5.41) is 9.08. The highest BCUT2D eigenvalue weighted by molar-refractivity contribution is 5.94. The number of nitrogens with two attached hydrogens (primary N) is 1. The molecule has 1 heterocycles. The molecule has 1 aliphatic heterocycles. The van der Waals surface area contributed by atoms with Gasteiger partial charge in [-0.15, -0.1) is 13.2 Å². The third kappa shape index (κ3) is 7.78. The van der Waals surface area contributed by atoms with Gasteiger partial charge in [0.2, 0.25) is 0 Å². The van der Waals surface area contributed by atoms with Crippen molar-refractivity contribution >= 4 is 11.6 Å². The summed E-state index contributed by atoms with van der Waals surface area (Å²) in [7, 11) is 0. The number of ether oxygens (including phenoxy) is 2. The molecule has 0 bridgehead atoms. The van der Waals surface area contributed by atoms with Gasteiger partial charge in [0, 0.05) is 24.8 Å². The first-order chi connectivity index (χ1) is 17.0. The third-order valence-electron chi connectivity index (χ3n) is 6.45. The van der Waals surface area contributed by atoms with Crippen molar-refractivity contribution in [3.05, 3.63) is 54.1 Å². The van der Waals surface area contributed by atoms with Crippen LogP contribution in [-0.2, 0) is 6.61 Å². The molecule has 2 aromatic rings. The van der Waals surface area contributed by atoms with Crippen LogP contribution in [0, 0.1) is 10.8 Å². The summed E-state index contributed by atoms with van der Waals surface area (Å²) in [6.45, 7) is 8.41. The maximum absolute atomic E-state index is 12.5. The fraction of sp³-hybridized carbons (Fsp3) is 0.519. The van der Waals surface area contributed by atoms with Gasteiger partial charge in [-0.1, -0.05) is 32.9 Å². The summed E-state index contributed by atoms with van der Waals surface area (Å²) in [5.41, 5.74) is 7.26. The number of piperidine rings is 1. The molecule has 1 fully saturated rings. The van der Waals surface area contributed by atoms with E-state index in [9.17, 15) is 13.2 Å². The molecule has 0 radical (unpaired) electrons. The lowest BCUT2D eigenvalue weighted by Crippen LogP contribution is -2.53. The van der Waals surface area contributed by atoms with Crippen LogP contribution in [0.25, 0.3) is 0 Å². The molecule has 198 valence electrons. The van der Waals surface area contributed by atoms with Crippen LogP contribution >= 0.6 is 0 Å². The van der Waals surface area contributed by atoms with E-state index in [2.05, 4.69) is 30.4 Å². The van der Waals surface area contributed by atoms with E-state index in [1.807, 2.05) is 29.2 Å². The quantitative estimate of drug-likeness (QED) is 0.315. The van der Waals surface area contributed by atoms with E-state index in [-0.39, 0.29) is 17.8 Å². The Morgan fingerprint density at radius 2 is 1.83 bits per heavy atom. The normalized spacial score (nSPS) is 16.5. The fourth-order valence-corrected chi connectivity index (χ4v) is 4.36. The van der Waals surface area contributed by atoms with Crippen molar-refractivity contribution in [1.82, 2.24) is 4.90 Å². The van der Waals surface area contributed by atoms with Crippen molar-refractivity contribution < 1.29 is 22.6 Å². The van der Waals surface area contributed by atoms with Crippen molar-refractivity contribution in [3.8, 4) is 11.5 Å². The van der Waals surface area contributed by atoms with Gasteiger partial charge in [0.05, 0.1) is 0 Å². The van der Waals surface area contributed by atoms with Crippen LogP contribution in [-0.4, -0.2) is 42.9 Å². The van der Waals surface area contributed by atoms with E-state index < -0.39 is 6.36 Å². The first-order valence-corrected chi connectivity index (χ1v) is 12.4. The molecular weight excluding hydrogens is 469 g/mol. The molecule has 0 saturated carbocycles. The van der Waals surface area contributed by atoms with Gasteiger partial charge in [0.15, 0.2) is 5.96 Å². The zero-order valence-electron chi connectivity index (χ0n) is 21.3. The van der Waals surface area contributed by atoms with Crippen molar-refractivity contribution in [2.24, 2.45) is 11.1 Å². The number of benzene rings is 2. The van der Waals surface area contributed by atoms with Crippen molar-refractivity contribution in [3.63, 3.8) is 0 Å². The van der Waals surface area contributed by atoms with Crippen LogP contribution in [0.1, 0.15) is 52.0 Å². The minimum Gasteiger partial charge on any atom is -0.489 e. The van der Waals surface area contributed by atoms with Gasteiger partial charge in [-0.05, 0) is 79.6 Å². The summed E-state index contributed by atoms with van der Waals surface area (Å²) in [4.78, 5) is 4.22. The summed E-state index contributed by atoms with van der Waals surface area (Å²) in [6.07, 6.45) is -0.380. The number of guanidine groups is 1. The Labute approximate surface area is 211 Å². The summed E-state index contributed by atoms with van der Waals surface area (Å²) in [6, 6.07) is 13.5. The molecule has 0 aromatic heterocycles. The van der Waals surface area contributed by atoms with E-state index in [1.54, 1.807) is 6.07 Å². The molecule has 6 nitrogen and oxygen atoms in total. The smallest absolute Gasteiger partial charge is 0.489 e. The Morgan fingerprint density at radius 1 is 1.11 bits per heavy atom. The summed E-state index contributed by atoms with van der Waals surface area (Å²) < 4.78 is 47.2. The van der Waals surface area contributed by atoms with Gasteiger partial charge >= 0.3 is 6.36 Å². The van der Waals surface area contributed by atoms with Crippen LogP contribution in [0.4, 0.5) is 18.9 Å². The molecule has 1 atom stereocenters. The number of halogens is 3. The molecule has 36 heavy (non-hydrogen) atoms. The van der Waals surface area contributed by atoms with Crippen LogP contribution in [0.2, 0.25) is 0 Å². The van der Waals surface area contributed by atoms with E-state index in [1.165, 1.54) is 24.6 Å². The SMILES string of the molecule is CCC1CCCCN1C(=N)N(CC(C)(C)CN)c1ccc(OCc2cccc(OC(F)(F)F)c2)cc1. The number of hydrogen-bond donors (Lipinski definition) is 2. The highest BCUT2D eigenvalue weighted by Crippen LogP contribution is 2.29. The topological polar surface area (TPSA) is 74.8 Å². The van der Waals surface area contributed by atoms with Crippen LogP contribution < -0.4 is 20.1 Å². The number of hydrogen-bond acceptors (Lipinski definition) is 4. The lowest BCUT2D eigenvalue weighted by Gasteiger charge is -2.43. The second-order valence-corrected chi connectivity index (χ2v) is 10.0. The Balaban J connectivity index is 1.73. The zero-order chi connectivity index (χ0) is 26.3. The predicted octanol–water partition coefficient (Wildman–Crippen LogP) is 6.15. The maximum atomic E-state index is 12.5. The van der Waals surface area contributed by atoms with Gasteiger partial charge in [-0.25, -0.2) is 0 Å². The van der Waals surface area contributed by atoms with Crippen LogP contribution in [0.5, 0.6) is 11.5 Å². The summed E-state index contributed by atoms with van der Waals surface area (Å²) >= 11 is 0. The second kappa shape index (κ2) is 11.9. The van der Waals surface area contributed by atoms with E-state index >= 15 is 0 Å². The Morgan fingerprint density at radius 3 is 2.47 bits per heavy atom. The van der Waals surface area contributed by atoms with E-state index in [0.717, 1.165) is 31.5 Å². The monoisotopic (exact) mass is 506 g/mol. The minimum atomic E-state index is -4.74. The number of likely N-dealkylation sites (tertiary alicyclic amines) is 1. The van der Waals surface area contributed by atoms with Gasteiger partial charge in [-0.2, -0.15) is 0 Å². The molecule has 0 aliphatic carbocycles. The number of rotatable bonds is 9. The molecule has 0 amide bonds. The number of nitrogens with one attached hydrogen (secondary N) is 1. The molecule has 3 rings (SSSR count). The van der Waals surface area contributed by atoms with Crippen molar-refractivity contribution in [2.75, 3.05) is 24.5 Å². The van der Waals surface area contributed by atoms with Gasteiger partial charge in [-0.3, -0.25) is 5.41 Å². The Bertz CT molecular complexity index is 995. The number of nitrogens with zero attached hydrogens (tertiary/aromatic N) is 2. The lowest BCUT2D eigenvalue weighted by atomic mass is 9.92. The molecule has 1 aliphatic rings. The number of anilines is 1. The molecule has 1 unspecified atom stereocenters. The van der Waals surface area contributed by atoms with Gasteiger partial charge < -0.3 is 25.0 Å². The van der Waals surface area contributed by atoms with Gasteiger partial charge in [0.1, 0.15) is 18.1 Å². The average molecular weight is 507 g/mol. The summed E-state index contributed by atoms with van der Waals surface area (Å²) in [5.74, 6) is 0.784. The van der Waals surface area contributed by atoms with Crippen molar-refractivity contribution in [1.29, 1.82) is 5.41 Å². The fourth-order valence-electron chi connectivity index (χ4n) is 4.36. The molecule has 0 spiro atoms. The zero-order valence-corrected chi connectivity index (χ0v) is 21.3. The standard InChI is InChI=1S/C27H37F3N4O2/c1-4-21-9-5-6-15-33(21)25(32)34(19-26(2,3)18-31)22-11-13-23(14-12-22)35-17-20-8-7-10-24(16-20)36-27(28,29)30/h7-8,10-14,16,21,32H,4-6,9,15,17-19,31H2,1-3H3. The maximum Gasteiger partial charge on any atom is 0.573 e. The Hall–Kier alpha value is -2.94. The Kier molecular flexibility index (Phi) is 9.11. The second-order valence-electron chi connectivity index (χ2n) is 10.0. The average Bonchev–Trinajstić information content (AvgIpc) is 2.85. The number of alkyl halides is 3. The van der Waals surface area contributed by atoms with Gasteiger partial charge in [0.25, 0.3) is 0 Å². The molecule has 1 saturated heterocycles. The first-order valence-electron chi connectivity index (χ1n) is 12.4. The van der Waals surface area contributed by atoms with Crippen LogP contribution in [0.15, 0.2) is 48.5 Å². The molecule has 3 N–H and O–H groups in total. The van der Waals surface area contributed by atoms with E-state index in [0.29, 0.717) is 36.4 Å².